The van der Waals surface area contributed by atoms with Crippen molar-refractivity contribution in [3.8, 4) is 0 Å². The molecule has 0 unspecified atom stereocenters. The van der Waals surface area contributed by atoms with Crippen LogP contribution in [0.25, 0.3) is 0 Å². The summed E-state index contributed by atoms with van der Waals surface area (Å²) in [6.45, 7) is 4.55. The Morgan fingerprint density at radius 3 is 2.81 bits per heavy atom. The minimum atomic E-state index is -3.28. The van der Waals surface area contributed by atoms with Gasteiger partial charge in [0.1, 0.15) is 0 Å². The van der Waals surface area contributed by atoms with E-state index >= 15 is 0 Å². The topological polar surface area (TPSA) is 92.2 Å². The van der Waals surface area contributed by atoms with Gasteiger partial charge in [0.05, 0.1) is 11.4 Å². The van der Waals surface area contributed by atoms with E-state index in [0.717, 1.165) is 68.7 Å². The summed E-state index contributed by atoms with van der Waals surface area (Å²) in [5.41, 5.74) is 1.64. The van der Waals surface area contributed by atoms with Gasteiger partial charge in [-0.2, -0.15) is 0 Å². The number of hydrogen-bond donors (Lipinski definition) is 0. The predicted molar refractivity (Wildman–Crippen MR) is 104 cm³/mol. The van der Waals surface area contributed by atoms with Gasteiger partial charge in [-0.15, -0.1) is 5.10 Å². The van der Waals surface area contributed by atoms with Crippen molar-refractivity contribution >= 4 is 27.3 Å². The smallest absolute Gasteiger partial charge is 0.225 e. The molecule has 2 saturated heterocycles. The standard InChI is InChI=1S/C17H24N6O2S2/c1-27(24,25)16-15(20-21-26-16)13-5-4-8-22(11-13)12-14-6-7-18-17(19-14)23-9-2-3-10-23/h6-7,13H,2-5,8-12H2,1H3/t13-/m0/s1. The molecule has 4 rings (SSSR count). The first-order valence-corrected chi connectivity index (χ1v) is 12.0. The molecule has 0 aliphatic carbocycles. The number of aromatic nitrogens is 4. The van der Waals surface area contributed by atoms with Crippen LogP contribution in [0.3, 0.4) is 0 Å². The quantitative estimate of drug-likeness (QED) is 0.738. The Balaban J connectivity index is 1.46. The Morgan fingerprint density at radius 2 is 2.04 bits per heavy atom. The fraction of sp³-hybridized carbons (Fsp3) is 0.647. The zero-order valence-corrected chi connectivity index (χ0v) is 17.0. The molecule has 10 heteroatoms. The zero-order chi connectivity index (χ0) is 18.9. The van der Waals surface area contributed by atoms with Gasteiger partial charge in [-0.25, -0.2) is 18.4 Å². The number of hydrogen-bond acceptors (Lipinski definition) is 9. The van der Waals surface area contributed by atoms with Crippen LogP contribution in [0.2, 0.25) is 0 Å². The summed E-state index contributed by atoms with van der Waals surface area (Å²) in [5.74, 6) is 0.920. The Kier molecular flexibility index (Phi) is 5.38. The molecule has 2 aromatic heterocycles. The summed E-state index contributed by atoms with van der Waals surface area (Å²) in [7, 11) is -3.28. The van der Waals surface area contributed by atoms with Gasteiger partial charge in [0.2, 0.25) is 5.95 Å². The maximum absolute atomic E-state index is 12.0. The molecular formula is C17H24N6O2S2. The molecule has 8 nitrogen and oxygen atoms in total. The van der Waals surface area contributed by atoms with E-state index in [9.17, 15) is 8.42 Å². The lowest BCUT2D eigenvalue weighted by atomic mass is 9.95. The molecule has 146 valence electrons. The molecule has 27 heavy (non-hydrogen) atoms. The summed E-state index contributed by atoms with van der Waals surface area (Å²) in [5, 5.41) is 4.14. The predicted octanol–water partition coefficient (Wildman–Crippen LogP) is 1.71. The molecule has 0 aromatic carbocycles. The van der Waals surface area contributed by atoms with E-state index in [1.807, 2.05) is 12.3 Å². The van der Waals surface area contributed by atoms with E-state index < -0.39 is 9.84 Å². The molecule has 2 fully saturated rings. The first kappa shape index (κ1) is 18.7. The van der Waals surface area contributed by atoms with Crippen LogP contribution in [-0.2, 0) is 16.4 Å². The second-order valence-corrected chi connectivity index (χ2v) is 10.3. The van der Waals surface area contributed by atoms with Crippen molar-refractivity contribution in [2.75, 3.05) is 37.3 Å². The van der Waals surface area contributed by atoms with Gasteiger partial charge in [0.15, 0.2) is 14.0 Å². The largest absolute Gasteiger partial charge is 0.341 e. The van der Waals surface area contributed by atoms with Crippen LogP contribution in [-0.4, -0.2) is 65.3 Å². The number of likely N-dealkylation sites (tertiary alicyclic amines) is 1. The molecule has 2 aliphatic heterocycles. The van der Waals surface area contributed by atoms with E-state index in [0.29, 0.717) is 9.90 Å². The Hall–Kier alpha value is -1.65. The lowest BCUT2D eigenvalue weighted by Crippen LogP contribution is -2.34. The fourth-order valence-electron chi connectivity index (χ4n) is 3.89. The Labute approximate surface area is 163 Å². The van der Waals surface area contributed by atoms with Crippen LogP contribution in [0.15, 0.2) is 16.5 Å². The van der Waals surface area contributed by atoms with Gasteiger partial charge < -0.3 is 4.90 Å². The highest BCUT2D eigenvalue weighted by atomic mass is 32.2. The zero-order valence-electron chi connectivity index (χ0n) is 15.4. The number of rotatable bonds is 5. The molecule has 1 atom stereocenters. The number of piperidine rings is 1. The van der Waals surface area contributed by atoms with Crippen LogP contribution >= 0.6 is 11.5 Å². The van der Waals surface area contributed by atoms with Crippen molar-refractivity contribution in [3.63, 3.8) is 0 Å². The lowest BCUT2D eigenvalue weighted by Gasteiger charge is -2.31. The minimum Gasteiger partial charge on any atom is -0.341 e. The Bertz CT molecular complexity index is 894. The van der Waals surface area contributed by atoms with Gasteiger partial charge in [0.25, 0.3) is 0 Å². The fourth-order valence-corrected chi connectivity index (χ4v) is 5.62. The molecule has 2 aliphatic rings. The van der Waals surface area contributed by atoms with E-state index in [4.69, 9.17) is 4.98 Å². The van der Waals surface area contributed by atoms with Crippen molar-refractivity contribution in [3.05, 3.63) is 23.7 Å². The average Bonchev–Trinajstić information content (AvgIpc) is 3.34. The maximum Gasteiger partial charge on any atom is 0.225 e. The number of sulfone groups is 1. The third-order valence-corrected chi connectivity index (χ3v) is 7.74. The van der Waals surface area contributed by atoms with Crippen molar-refractivity contribution < 1.29 is 8.42 Å². The van der Waals surface area contributed by atoms with Crippen LogP contribution in [0.5, 0.6) is 0 Å². The summed E-state index contributed by atoms with van der Waals surface area (Å²) in [4.78, 5) is 13.7. The molecule has 2 aromatic rings. The minimum absolute atomic E-state index is 0.0992. The van der Waals surface area contributed by atoms with E-state index in [1.54, 1.807) is 0 Å². The third kappa shape index (κ3) is 4.27. The average molecular weight is 409 g/mol. The molecular weight excluding hydrogens is 384 g/mol. The summed E-state index contributed by atoms with van der Waals surface area (Å²) >= 11 is 0.978. The SMILES string of the molecule is CS(=O)(=O)c1snnc1[C@H]1CCCN(Cc2ccnc(N3CCCC3)n2)C1. The molecule has 0 bridgehead atoms. The first-order chi connectivity index (χ1) is 13.0. The Morgan fingerprint density at radius 1 is 1.22 bits per heavy atom. The van der Waals surface area contributed by atoms with Crippen molar-refractivity contribution in [2.24, 2.45) is 0 Å². The normalized spacial score (nSPS) is 21.7. The highest BCUT2D eigenvalue weighted by molar-refractivity contribution is 7.92. The molecule has 4 heterocycles. The summed E-state index contributed by atoms with van der Waals surface area (Å²) in [6, 6.07) is 1.97. The highest BCUT2D eigenvalue weighted by Crippen LogP contribution is 2.32. The maximum atomic E-state index is 12.0. The lowest BCUT2D eigenvalue weighted by molar-refractivity contribution is 0.195. The van der Waals surface area contributed by atoms with Gasteiger partial charge >= 0.3 is 0 Å². The molecule has 0 radical (unpaired) electrons. The molecule has 0 spiro atoms. The van der Waals surface area contributed by atoms with Gasteiger partial charge in [-0.1, -0.05) is 4.49 Å². The van der Waals surface area contributed by atoms with E-state index in [2.05, 4.69) is 24.4 Å². The second kappa shape index (κ2) is 7.76. The van der Waals surface area contributed by atoms with Crippen molar-refractivity contribution in [1.29, 1.82) is 0 Å². The van der Waals surface area contributed by atoms with Crippen LogP contribution in [0, 0.1) is 0 Å². The van der Waals surface area contributed by atoms with Crippen LogP contribution in [0.4, 0.5) is 5.95 Å². The van der Waals surface area contributed by atoms with Gasteiger partial charge in [-0.3, -0.25) is 4.90 Å². The van der Waals surface area contributed by atoms with Crippen LogP contribution < -0.4 is 4.90 Å². The second-order valence-electron chi connectivity index (χ2n) is 7.33. The van der Waals surface area contributed by atoms with Gasteiger partial charge in [0, 0.05) is 56.1 Å². The van der Waals surface area contributed by atoms with Gasteiger partial charge in [-0.05, 0) is 38.3 Å². The van der Waals surface area contributed by atoms with Crippen molar-refractivity contribution in [2.45, 2.75) is 42.4 Å². The van der Waals surface area contributed by atoms with Crippen molar-refractivity contribution in [1.82, 2.24) is 24.5 Å². The summed E-state index contributed by atoms with van der Waals surface area (Å²) in [6.07, 6.45) is 7.41. The van der Waals surface area contributed by atoms with Crippen LogP contribution in [0.1, 0.15) is 43.0 Å². The molecule has 0 N–H and O–H groups in total. The number of nitrogens with zero attached hydrogens (tertiary/aromatic N) is 6. The third-order valence-electron chi connectivity index (χ3n) is 5.19. The van der Waals surface area contributed by atoms with E-state index in [-0.39, 0.29) is 5.92 Å². The first-order valence-electron chi connectivity index (χ1n) is 9.32. The molecule has 0 amide bonds. The number of anilines is 1. The highest BCUT2D eigenvalue weighted by Gasteiger charge is 2.29. The monoisotopic (exact) mass is 408 g/mol. The summed E-state index contributed by atoms with van der Waals surface area (Å²) < 4.78 is 28.2. The molecule has 0 saturated carbocycles. The van der Waals surface area contributed by atoms with E-state index in [1.165, 1.54) is 19.1 Å².